The number of aromatic amines is 1. The molecule has 1 aliphatic rings. The summed E-state index contributed by atoms with van der Waals surface area (Å²) in [6.45, 7) is 6.72. The lowest BCUT2D eigenvalue weighted by Crippen LogP contribution is -2.00. The third kappa shape index (κ3) is 5.02. The smallest absolute Gasteiger partial charge is 0.231 e. The van der Waals surface area contributed by atoms with E-state index in [9.17, 15) is 0 Å². The second-order valence-corrected chi connectivity index (χ2v) is 6.48. The van der Waals surface area contributed by atoms with Crippen molar-refractivity contribution in [2.45, 2.75) is 32.9 Å². The first-order valence-electron chi connectivity index (χ1n) is 9.04. The molecule has 150 valence electrons. The lowest BCUT2D eigenvalue weighted by Gasteiger charge is -2.01. The monoisotopic (exact) mass is 405 g/mol. The molecule has 0 bridgehead atoms. The van der Waals surface area contributed by atoms with E-state index in [0.717, 1.165) is 22.8 Å². The van der Waals surface area contributed by atoms with E-state index >= 15 is 0 Å². The average Bonchev–Trinajstić information content (AvgIpc) is 3.47. The molecule has 0 atom stereocenters. The molecular weight excluding hydrogens is 382 g/mol. The molecule has 1 aliphatic heterocycles. The molecule has 1 aromatic carbocycles. The number of nitrogens with zero attached hydrogens (tertiary/aromatic N) is 4. The highest BCUT2D eigenvalue weighted by Crippen LogP contribution is 2.36. The number of ether oxygens (including phenoxy) is 3. The summed E-state index contributed by atoms with van der Waals surface area (Å²) < 4.78 is 22.1. The van der Waals surface area contributed by atoms with Crippen LogP contribution in [0.3, 0.4) is 0 Å². The zero-order valence-electron chi connectivity index (χ0n) is 16.1. The Morgan fingerprint density at radius 2 is 2.07 bits per heavy atom. The highest BCUT2D eigenvalue weighted by atomic mass is 32.2. The summed E-state index contributed by atoms with van der Waals surface area (Å²) in [5.74, 6) is 4.70. The Kier molecular flexibility index (Phi) is 7.26. The van der Waals surface area contributed by atoms with Gasteiger partial charge in [-0.3, -0.25) is 0 Å². The molecule has 0 saturated carbocycles. The fourth-order valence-electron chi connectivity index (χ4n) is 2.48. The third-order valence-electron chi connectivity index (χ3n) is 3.78. The van der Waals surface area contributed by atoms with E-state index in [1.54, 1.807) is 11.8 Å². The highest BCUT2D eigenvalue weighted by Gasteiger charge is 2.17. The van der Waals surface area contributed by atoms with Crippen LogP contribution in [0.15, 0.2) is 22.6 Å². The predicted octanol–water partition coefficient (Wildman–Crippen LogP) is 3.37. The number of aromatic nitrogens is 5. The molecule has 28 heavy (non-hydrogen) atoms. The van der Waals surface area contributed by atoms with Crippen LogP contribution in [-0.4, -0.2) is 44.9 Å². The van der Waals surface area contributed by atoms with Gasteiger partial charge in [-0.2, -0.15) is 5.21 Å². The second-order valence-electron chi connectivity index (χ2n) is 5.54. The molecule has 9 nitrogen and oxygen atoms in total. The van der Waals surface area contributed by atoms with Crippen molar-refractivity contribution in [3.63, 3.8) is 0 Å². The van der Waals surface area contributed by atoms with E-state index in [2.05, 4.69) is 25.6 Å². The first-order valence-corrected chi connectivity index (χ1v) is 10.2. The Balaban J connectivity index is 0.00000109. The number of oxazole rings is 1. The van der Waals surface area contributed by atoms with Gasteiger partial charge in [-0.15, -0.1) is 22.0 Å². The largest absolute Gasteiger partial charge is 0.454 e. The molecular formula is C18H23N5O4S. The zero-order valence-corrected chi connectivity index (χ0v) is 16.9. The molecule has 0 radical (unpaired) electrons. The summed E-state index contributed by atoms with van der Waals surface area (Å²) in [7, 11) is 0. The lowest BCUT2D eigenvalue weighted by molar-refractivity contribution is 0.174. The van der Waals surface area contributed by atoms with Gasteiger partial charge in [-0.05, 0) is 25.1 Å². The maximum atomic E-state index is 5.79. The van der Waals surface area contributed by atoms with Crippen molar-refractivity contribution in [3.05, 3.63) is 35.5 Å². The van der Waals surface area contributed by atoms with Crippen LogP contribution in [0.4, 0.5) is 0 Å². The number of rotatable bonds is 8. The van der Waals surface area contributed by atoms with Crippen LogP contribution in [-0.2, 0) is 16.9 Å². The Morgan fingerprint density at radius 3 is 2.89 bits per heavy atom. The number of thioether (sulfide) groups is 1. The van der Waals surface area contributed by atoms with Crippen LogP contribution in [0.1, 0.15) is 31.1 Å². The fourth-order valence-corrected chi connectivity index (χ4v) is 3.10. The molecule has 0 fully saturated rings. The predicted molar refractivity (Wildman–Crippen MR) is 104 cm³/mol. The van der Waals surface area contributed by atoms with Crippen molar-refractivity contribution in [1.29, 1.82) is 0 Å². The van der Waals surface area contributed by atoms with E-state index in [1.165, 1.54) is 0 Å². The van der Waals surface area contributed by atoms with Gasteiger partial charge in [0.25, 0.3) is 0 Å². The molecule has 0 amide bonds. The lowest BCUT2D eigenvalue weighted by atomic mass is 10.2. The summed E-state index contributed by atoms with van der Waals surface area (Å²) in [5.41, 5.74) is 1.75. The molecule has 0 aliphatic carbocycles. The summed E-state index contributed by atoms with van der Waals surface area (Å²) in [6, 6.07) is 5.65. The Morgan fingerprint density at radius 1 is 1.21 bits per heavy atom. The summed E-state index contributed by atoms with van der Waals surface area (Å²) >= 11 is 1.59. The van der Waals surface area contributed by atoms with Crippen LogP contribution in [0.2, 0.25) is 0 Å². The van der Waals surface area contributed by atoms with Crippen molar-refractivity contribution < 1.29 is 18.6 Å². The number of benzene rings is 1. The van der Waals surface area contributed by atoms with Crippen LogP contribution in [0.5, 0.6) is 11.5 Å². The van der Waals surface area contributed by atoms with Gasteiger partial charge in [-0.1, -0.05) is 19.1 Å². The zero-order chi connectivity index (χ0) is 19.8. The quantitative estimate of drug-likeness (QED) is 0.445. The molecule has 0 unspecified atom stereocenters. The van der Waals surface area contributed by atoms with E-state index < -0.39 is 0 Å². The number of hydrogen-bond donors (Lipinski definition) is 1. The van der Waals surface area contributed by atoms with Crippen LogP contribution in [0, 0.1) is 6.92 Å². The standard InChI is InChI=1S/C16H17N5O4S.C2H6/c1-10-12(4-5-22-9-26-7-15-18-20-21-19-15)17-16(25-10)11-2-3-13-14(6-11)24-8-23-13;1-2/h2-3,6H,4-5,7-9H2,1H3,(H,18,19,20,21);1-2H3. The van der Waals surface area contributed by atoms with E-state index in [0.29, 0.717) is 42.2 Å². The number of nitrogens with one attached hydrogen (secondary N) is 1. The maximum Gasteiger partial charge on any atom is 0.231 e. The van der Waals surface area contributed by atoms with Crippen molar-refractivity contribution in [2.24, 2.45) is 0 Å². The van der Waals surface area contributed by atoms with Crippen molar-refractivity contribution in [2.75, 3.05) is 19.3 Å². The Labute approximate surface area is 167 Å². The van der Waals surface area contributed by atoms with Gasteiger partial charge in [-0.25, -0.2) is 4.98 Å². The SMILES string of the molecule is CC.Cc1oc(-c2ccc3c(c2)OCO3)nc1CCOCSCc1nn[nH]n1. The van der Waals surface area contributed by atoms with E-state index in [4.69, 9.17) is 18.6 Å². The molecule has 4 rings (SSSR count). The van der Waals surface area contributed by atoms with Gasteiger partial charge in [0, 0.05) is 12.0 Å². The highest BCUT2D eigenvalue weighted by molar-refractivity contribution is 7.98. The van der Waals surface area contributed by atoms with Crippen LogP contribution >= 0.6 is 11.8 Å². The average molecular weight is 405 g/mol. The molecule has 0 spiro atoms. The normalized spacial score (nSPS) is 12.0. The minimum absolute atomic E-state index is 0.247. The minimum atomic E-state index is 0.247. The van der Waals surface area contributed by atoms with Gasteiger partial charge in [0.05, 0.1) is 24.0 Å². The Hall–Kier alpha value is -2.59. The van der Waals surface area contributed by atoms with Gasteiger partial charge in [0.1, 0.15) is 5.76 Å². The molecule has 1 N–H and O–H groups in total. The summed E-state index contributed by atoms with van der Waals surface area (Å²) in [6.07, 6.45) is 0.683. The number of hydrogen-bond acceptors (Lipinski definition) is 9. The molecule has 0 saturated heterocycles. The molecule has 10 heteroatoms. The number of fused-ring (bicyclic) bond motifs is 1. The van der Waals surface area contributed by atoms with Gasteiger partial charge >= 0.3 is 0 Å². The molecule has 3 heterocycles. The topological polar surface area (TPSA) is 108 Å². The van der Waals surface area contributed by atoms with Gasteiger partial charge in [0.2, 0.25) is 12.7 Å². The van der Waals surface area contributed by atoms with Crippen molar-refractivity contribution in [1.82, 2.24) is 25.6 Å². The van der Waals surface area contributed by atoms with Crippen molar-refractivity contribution >= 4 is 11.8 Å². The van der Waals surface area contributed by atoms with Crippen molar-refractivity contribution in [3.8, 4) is 23.0 Å². The fraction of sp³-hybridized carbons (Fsp3) is 0.444. The van der Waals surface area contributed by atoms with E-state index in [-0.39, 0.29) is 6.79 Å². The van der Waals surface area contributed by atoms with Crippen LogP contribution < -0.4 is 9.47 Å². The third-order valence-corrected chi connectivity index (χ3v) is 4.58. The maximum absolute atomic E-state index is 5.79. The molecule has 2 aromatic heterocycles. The summed E-state index contributed by atoms with van der Waals surface area (Å²) in [4.78, 5) is 4.58. The summed E-state index contributed by atoms with van der Waals surface area (Å²) in [5, 5.41) is 13.7. The number of H-pyrrole nitrogens is 1. The van der Waals surface area contributed by atoms with Gasteiger partial charge in [0.15, 0.2) is 17.3 Å². The number of tetrazole rings is 1. The molecule has 3 aromatic rings. The second kappa shape index (κ2) is 10.1. The van der Waals surface area contributed by atoms with Crippen LogP contribution in [0.25, 0.3) is 11.5 Å². The number of aryl methyl sites for hydroxylation is 1. The van der Waals surface area contributed by atoms with Gasteiger partial charge < -0.3 is 18.6 Å². The minimum Gasteiger partial charge on any atom is -0.454 e. The Bertz CT molecular complexity index is 869. The first kappa shape index (κ1) is 20.2. The van der Waals surface area contributed by atoms with E-state index in [1.807, 2.05) is 39.0 Å². The first-order chi connectivity index (χ1) is 13.8.